The van der Waals surface area contributed by atoms with Gasteiger partial charge in [-0.05, 0) is 24.3 Å². The van der Waals surface area contributed by atoms with Gasteiger partial charge in [0.25, 0.3) is 5.69 Å². The molecule has 7 heteroatoms. The van der Waals surface area contributed by atoms with Gasteiger partial charge < -0.3 is 4.74 Å². The van der Waals surface area contributed by atoms with Crippen molar-refractivity contribution >= 4 is 40.5 Å². The van der Waals surface area contributed by atoms with Gasteiger partial charge >= 0.3 is 0 Å². The van der Waals surface area contributed by atoms with Gasteiger partial charge in [-0.3, -0.25) is 10.1 Å². The standard InChI is InChI=1S/C13H8Cl3NO3/c14-7-8-6-9(4-5-11(8)17(18)19)20-12-3-1-2-10(15)13(12)16/h1-6H,7H2. The van der Waals surface area contributed by atoms with E-state index in [1.165, 1.54) is 18.2 Å². The number of rotatable bonds is 4. The summed E-state index contributed by atoms with van der Waals surface area (Å²) in [5.74, 6) is 0.778. The fourth-order valence-corrected chi connectivity index (χ4v) is 2.14. The van der Waals surface area contributed by atoms with Crippen LogP contribution in [-0.4, -0.2) is 4.92 Å². The van der Waals surface area contributed by atoms with E-state index in [-0.39, 0.29) is 16.6 Å². The lowest BCUT2D eigenvalue weighted by Gasteiger charge is -2.09. The van der Waals surface area contributed by atoms with Gasteiger partial charge in [0.05, 0.1) is 15.8 Å². The minimum Gasteiger partial charge on any atom is -0.456 e. The third kappa shape index (κ3) is 3.15. The van der Waals surface area contributed by atoms with Crippen molar-refractivity contribution in [1.29, 1.82) is 0 Å². The van der Waals surface area contributed by atoms with E-state index in [0.717, 1.165) is 0 Å². The van der Waals surface area contributed by atoms with E-state index in [1.807, 2.05) is 0 Å². The van der Waals surface area contributed by atoms with Gasteiger partial charge in [0, 0.05) is 11.6 Å². The molecule has 0 bridgehead atoms. The molecule has 2 aromatic rings. The Kier molecular flexibility index (Phi) is 4.70. The van der Waals surface area contributed by atoms with Gasteiger partial charge in [0.15, 0.2) is 0 Å². The molecule has 20 heavy (non-hydrogen) atoms. The Morgan fingerprint density at radius 2 is 1.95 bits per heavy atom. The summed E-state index contributed by atoms with van der Waals surface area (Å²) in [7, 11) is 0. The molecule has 2 rings (SSSR count). The summed E-state index contributed by atoms with van der Waals surface area (Å²) in [6, 6.07) is 9.30. The minimum absolute atomic E-state index is 0.0107. The van der Waals surface area contributed by atoms with Gasteiger partial charge in [0.2, 0.25) is 0 Å². The van der Waals surface area contributed by atoms with Crippen LogP contribution in [-0.2, 0) is 5.88 Å². The summed E-state index contributed by atoms with van der Waals surface area (Å²) in [5.41, 5.74) is 0.317. The lowest BCUT2D eigenvalue weighted by Crippen LogP contribution is -1.94. The molecule has 0 aliphatic heterocycles. The van der Waals surface area contributed by atoms with Crippen LogP contribution in [0.2, 0.25) is 10.0 Å². The molecule has 0 saturated heterocycles. The van der Waals surface area contributed by atoms with E-state index in [0.29, 0.717) is 22.1 Å². The molecule has 0 amide bonds. The largest absolute Gasteiger partial charge is 0.456 e. The van der Waals surface area contributed by atoms with Crippen LogP contribution in [0.1, 0.15) is 5.56 Å². The maximum atomic E-state index is 10.8. The van der Waals surface area contributed by atoms with Crippen LogP contribution < -0.4 is 4.74 Å². The first-order valence-electron chi connectivity index (χ1n) is 5.48. The lowest BCUT2D eigenvalue weighted by molar-refractivity contribution is -0.385. The summed E-state index contributed by atoms with van der Waals surface area (Å²) in [6.07, 6.45) is 0. The number of alkyl halides is 1. The summed E-state index contributed by atoms with van der Waals surface area (Å²) >= 11 is 17.6. The average Bonchev–Trinajstić information content (AvgIpc) is 2.43. The zero-order valence-corrected chi connectivity index (χ0v) is 12.2. The second-order valence-electron chi connectivity index (χ2n) is 3.84. The fraction of sp³-hybridized carbons (Fsp3) is 0.0769. The number of nitro benzene ring substituents is 1. The molecule has 0 aliphatic rings. The fourth-order valence-electron chi connectivity index (χ4n) is 1.60. The van der Waals surface area contributed by atoms with Crippen molar-refractivity contribution in [3.05, 3.63) is 62.1 Å². The van der Waals surface area contributed by atoms with Crippen LogP contribution in [0.3, 0.4) is 0 Å². The lowest BCUT2D eigenvalue weighted by atomic mass is 10.2. The van der Waals surface area contributed by atoms with E-state index in [4.69, 9.17) is 39.5 Å². The highest BCUT2D eigenvalue weighted by molar-refractivity contribution is 6.42. The molecule has 0 saturated carbocycles. The normalized spacial score (nSPS) is 10.3. The van der Waals surface area contributed by atoms with Crippen molar-refractivity contribution in [1.82, 2.24) is 0 Å². The monoisotopic (exact) mass is 331 g/mol. The third-order valence-corrected chi connectivity index (χ3v) is 3.63. The van der Waals surface area contributed by atoms with Gasteiger partial charge in [-0.15, -0.1) is 11.6 Å². The Hall–Kier alpha value is -1.49. The van der Waals surface area contributed by atoms with Crippen molar-refractivity contribution in [3.63, 3.8) is 0 Å². The molecule has 104 valence electrons. The third-order valence-electron chi connectivity index (χ3n) is 2.54. The van der Waals surface area contributed by atoms with Crippen LogP contribution >= 0.6 is 34.8 Å². The van der Waals surface area contributed by atoms with Gasteiger partial charge in [0.1, 0.15) is 16.5 Å². The molecule has 0 N–H and O–H groups in total. The Morgan fingerprint density at radius 3 is 2.60 bits per heavy atom. The van der Waals surface area contributed by atoms with Gasteiger partial charge in [-0.25, -0.2) is 0 Å². The SMILES string of the molecule is O=[N+]([O-])c1ccc(Oc2cccc(Cl)c2Cl)cc1CCl. The number of benzene rings is 2. The molecule has 0 aromatic heterocycles. The summed E-state index contributed by atoms with van der Waals surface area (Å²) in [6.45, 7) is 0. The first-order chi connectivity index (χ1) is 9.52. The van der Waals surface area contributed by atoms with E-state index in [2.05, 4.69) is 0 Å². The summed E-state index contributed by atoms with van der Waals surface area (Å²) in [4.78, 5) is 10.3. The predicted octanol–water partition coefficient (Wildman–Crippen LogP) is 5.43. The first kappa shape index (κ1) is 14.9. The zero-order chi connectivity index (χ0) is 14.7. The number of ether oxygens (including phenoxy) is 1. The number of nitro groups is 1. The van der Waals surface area contributed by atoms with Crippen molar-refractivity contribution in [2.24, 2.45) is 0 Å². The molecular weight excluding hydrogens is 325 g/mol. The Labute approximate surface area is 130 Å². The summed E-state index contributed by atoms with van der Waals surface area (Å²) < 4.78 is 5.57. The Bertz CT molecular complexity index is 661. The predicted molar refractivity (Wildman–Crippen MR) is 79.2 cm³/mol. The number of hydrogen-bond donors (Lipinski definition) is 0. The molecule has 0 unspecified atom stereocenters. The van der Waals surface area contributed by atoms with Crippen LogP contribution in [0.4, 0.5) is 5.69 Å². The molecule has 0 radical (unpaired) electrons. The molecule has 0 aliphatic carbocycles. The van der Waals surface area contributed by atoms with E-state index in [9.17, 15) is 10.1 Å². The molecular formula is C13H8Cl3NO3. The highest BCUT2D eigenvalue weighted by Gasteiger charge is 2.15. The van der Waals surface area contributed by atoms with Crippen LogP contribution in [0.15, 0.2) is 36.4 Å². The Morgan fingerprint density at radius 1 is 1.20 bits per heavy atom. The molecule has 4 nitrogen and oxygen atoms in total. The Balaban J connectivity index is 2.35. The smallest absolute Gasteiger partial charge is 0.274 e. The first-order valence-corrected chi connectivity index (χ1v) is 6.77. The highest BCUT2D eigenvalue weighted by atomic mass is 35.5. The van der Waals surface area contributed by atoms with Crippen molar-refractivity contribution in [3.8, 4) is 11.5 Å². The maximum Gasteiger partial charge on any atom is 0.274 e. The average molecular weight is 333 g/mol. The van der Waals surface area contributed by atoms with Crippen LogP contribution in [0, 0.1) is 10.1 Å². The minimum atomic E-state index is -0.492. The summed E-state index contributed by atoms with van der Waals surface area (Å²) in [5, 5.41) is 11.5. The zero-order valence-electron chi connectivity index (χ0n) is 9.98. The highest BCUT2D eigenvalue weighted by Crippen LogP contribution is 2.35. The number of nitrogens with zero attached hydrogens (tertiary/aromatic N) is 1. The van der Waals surface area contributed by atoms with Crippen LogP contribution in [0.5, 0.6) is 11.5 Å². The quantitative estimate of drug-likeness (QED) is 0.426. The topological polar surface area (TPSA) is 52.4 Å². The van der Waals surface area contributed by atoms with E-state index >= 15 is 0 Å². The van der Waals surface area contributed by atoms with Crippen molar-refractivity contribution in [2.75, 3.05) is 0 Å². The molecule has 2 aromatic carbocycles. The van der Waals surface area contributed by atoms with Gasteiger partial charge in [-0.2, -0.15) is 0 Å². The van der Waals surface area contributed by atoms with E-state index in [1.54, 1.807) is 18.2 Å². The number of halogens is 3. The second kappa shape index (κ2) is 6.31. The maximum absolute atomic E-state index is 10.8. The van der Waals surface area contributed by atoms with Crippen molar-refractivity contribution in [2.45, 2.75) is 5.88 Å². The molecule has 0 spiro atoms. The molecule has 0 atom stereocenters. The molecule has 0 fully saturated rings. The molecule has 0 heterocycles. The van der Waals surface area contributed by atoms with Gasteiger partial charge in [-0.1, -0.05) is 29.3 Å². The van der Waals surface area contributed by atoms with Crippen molar-refractivity contribution < 1.29 is 9.66 Å². The van der Waals surface area contributed by atoms with Crippen LogP contribution in [0.25, 0.3) is 0 Å². The number of hydrogen-bond acceptors (Lipinski definition) is 3. The van der Waals surface area contributed by atoms with E-state index < -0.39 is 4.92 Å². The second-order valence-corrected chi connectivity index (χ2v) is 4.89.